The maximum Gasteiger partial charge on any atom is 0.0576 e. The molecule has 2 fully saturated rings. The summed E-state index contributed by atoms with van der Waals surface area (Å²) >= 11 is 0. The SMILES string of the molecule is CCCNC(C)C1(CCC2CCCO2)CC1. The number of ether oxygens (including phenoxy) is 1. The Morgan fingerprint density at radius 2 is 2.25 bits per heavy atom. The van der Waals surface area contributed by atoms with Crippen molar-refractivity contribution >= 4 is 0 Å². The number of hydrogen-bond acceptors (Lipinski definition) is 2. The lowest BCUT2D eigenvalue weighted by Gasteiger charge is -2.25. The van der Waals surface area contributed by atoms with Crippen LogP contribution in [0, 0.1) is 5.41 Å². The van der Waals surface area contributed by atoms with E-state index in [2.05, 4.69) is 19.2 Å². The molecule has 2 nitrogen and oxygen atoms in total. The van der Waals surface area contributed by atoms with Crippen LogP contribution in [0.1, 0.15) is 58.8 Å². The van der Waals surface area contributed by atoms with Gasteiger partial charge < -0.3 is 10.1 Å². The van der Waals surface area contributed by atoms with Gasteiger partial charge in [0.15, 0.2) is 0 Å². The molecule has 0 spiro atoms. The van der Waals surface area contributed by atoms with Crippen LogP contribution in [-0.2, 0) is 4.74 Å². The lowest BCUT2D eigenvalue weighted by molar-refractivity contribution is 0.0943. The summed E-state index contributed by atoms with van der Waals surface area (Å²) in [6.45, 7) is 6.79. The van der Waals surface area contributed by atoms with Crippen molar-refractivity contribution in [3.05, 3.63) is 0 Å². The van der Waals surface area contributed by atoms with Gasteiger partial charge in [-0.05, 0) is 63.8 Å². The van der Waals surface area contributed by atoms with Crippen molar-refractivity contribution < 1.29 is 4.74 Å². The van der Waals surface area contributed by atoms with Crippen molar-refractivity contribution in [1.29, 1.82) is 0 Å². The molecule has 1 heterocycles. The minimum atomic E-state index is 0.579. The van der Waals surface area contributed by atoms with E-state index >= 15 is 0 Å². The summed E-state index contributed by atoms with van der Waals surface area (Å²) in [5.41, 5.74) is 0.626. The zero-order chi connectivity index (χ0) is 11.4. The van der Waals surface area contributed by atoms with E-state index in [-0.39, 0.29) is 0 Å². The Labute approximate surface area is 100 Å². The molecular weight excluding hydrogens is 198 g/mol. The zero-order valence-corrected chi connectivity index (χ0v) is 10.9. The van der Waals surface area contributed by atoms with Crippen molar-refractivity contribution in [2.24, 2.45) is 5.41 Å². The highest BCUT2D eigenvalue weighted by Gasteiger charge is 2.46. The third kappa shape index (κ3) is 2.98. The van der Waals surface area contributed by atoms with Gasteiger partial charge in [0.05, 0.1) is 6.10 Å². The van der Waals surface area contributed by atoms with Crippen LogP contribution in [0.15, 0.2) is 0 Å². The van der Waals surface area contributed by atoms with Gasteiger partial charge in [0.2, 0.25) is 0 Å². The molecule has 2 heteroatoms. The van der Waals surface area contributed by atoms with Crippen LogP contribution in [0.5, 0.6) is 0 Å². The second-order valence-electron chi connectivity index (χ2n) is 5.71. The predicted molar refractivity (Wildman–Crippen MR) is 67.6 cm³/mol. The van der Waals surface area contributed by atoms with Gasteiger partial charge in [0, 0.05) is 12.6 Å². The van der Waals surface area contributed by atoms with Crippen molar-refractivity contribution in [2.45, 2.75) is 70.9 Å². The molecule has 2 atom stereocenters. The molecule has 0 amide bonds. The Morgan fingerprint density at radius 3 is 2.81 bits per heavy atom. The standard InChI is InChI=1S/C14H27NO/c1-3-10-15-12(2)14(8-9-14)7-6-13-5-4-11-16-13/h12-13,15H,3-11H2,1-2H3. The molecule has 1 aliphatic heterocycles. The third-order valence-electron chi connectivity index (χ3n) is 4.50. The fourth-order valence-corrected chi connectivity index (χ4v) is 2.96. The Balaban J connectivity index is 1.70. The minimum absolute atomic E-state index is 0.579. The molecule has 0 radical (unpaired) electrons. The first-order valence-corrected chi connectivity index (χ1v) is 7.12. The van der Waals surface area contributed by atoms with Gasteiger partial charge in [0.1, 0.15) is 0 Å². The molecule has 1 aliphatic carbocycles. The lowest BCUT2D eigenvalue weighted by Crippen LogP contribution is -2.35. The van der Waals surface area contributed by atoms with Crippen molar-refractivity contribution in [2.75, 3.05) is 13.2 Å². The van der Waals surface area contributed by atoms with Crippen molar-refractivity contribution in [3.63, 3.8) is 0 Å². The molecule has 94 valence electrons. The van der Waals surface area contributed by atoms with Gasteiger partial charge >= 0.3 is 0 Å². The van der Waals surface area contributed by atoms with Crippen LogP contribution in [0.3, 0.4) is 0 Å². The highest BCUT2D eigenvalue weighted by molar-refractivity contribution is 5.00. The highest BCUT2D eigenvalue weighted by atomic mass is 16.5. The Morgan fingerprint density at radius 1 is 1.44 bits per heavy atom. The lowest BCUT2D eigenvalue weighted by atomic mass is 9.90. The van der Waals surface area contributed by atoms with Gasteiger partial charge in [-0.2, -0.15) is 0 Å². The average Bonchev–Trinajstić information content (AvgIpc) is 2.91. The molecular formula is C14H27NO. The fourth-order valence-electron chi connectivity index (χ4n) is 2.96. The molecule has 2 rings (SSSR count). The van der Waals surface area contributed by atoms with E-state index in [0.29, 0.717) is 17.6 Å². The minimum Gasteiger partial charge on any atom is -0.378 e. The van der Waals surface area contributed by atoms with Crippen molar-refractivity contribution in [3.8, 4) is 0 Å². The van der Waals surface area contributed by atoms with Gasteiger partial charge in [-0.3, -0.25) is 0 Å². The summed E-state index contributed by atoms with van der Waals surface area (Å²) in [6, 6.07) is 0.703. The van der Waals surface area contributed by atoms with E-state index in [4.69, 9.17) is 4.74 Å². The van der Waals surface area contributed by atoms with Crippen molar-refractivity contribution in [1.82, 2.24) is 5.32 Å². The summed E-state index contributed by atoms with van der Waals surface area (Å²) in [5.74, 6) is 0. The molecule has 16 heavy (non-hydrogen) atoms. The first kappa shape index (κ1) is 12.4. The Hall–Kier alpha value is -0.0800. The summed E-state index contributed by atoms with van der Waals surface area (Å²) in [5, 5.41) is 3.67. The second kappa shape index (κ2) is 5.50. The summed E-state index contributed by atoms with van der Waals surface area (Å²) in [7, 11) is 0. The van der Waals surface area contributed by atoms with Crippen LogP contribution in [0.4, 0.5) is 0 Å². The first-order chi connectivity index (χ1) is 7.77. The molecule has 1 saturated carbocycles. The Bertz CT molecular complexity index is 207. The van der Waals surface area contributed by atoms with Crippen LogP contribution in [0.25, 0.3) is 0 Å². The predicted octanol–water partition coefficient (Wildman–Crippen LogP) is 3.11. The summed E-state index contributed by atoms with van der Waals surface area (Å²) in [6.07, 6.45) is 9.92. The third-order valence-corrected chi connectivity index (χ3v) is 4.50. The van der Waals surface area contributed by atoms with E-state index in [9.17, 15) is 0 Å². The van der Waals surface area contributed by atoms with Gasteiger partial charge in [-0.1, -0.05) is 6.92 Å². The van der Waals surface area contributed by atoms with Crippen LogP contribution in [-0.4, -0.2) is 25.3 Å². The summed E-state index contributed by atoms with van der Waals surface area (Å²) < 4.78 is 5.72. The molecule has 0 aromatic carbocycles. The maximum atomic E-state index is 5.72. The first-order valence-electron chi connectivity index (χ1n) is 7.12. The van der Waals surface area contributed by atoms with Gasteiger partial charge in [-0.15, -0.1) is 0 Å². The van der Waals surface area contributed by atoms with E-state index in [0.717, 1.165) is 6.61 Å². The van der Waals surface area contributed by atoms with Crippen LogP contribution in [0.2, 0.25) is 0 Å². The summed E-state index contributed by atoms with van der Waals surface area (Å²) in [4.78, 5) is 0. The highest BCUT2D eigenvalue weighted by Crippen LogP contribution is 2.53. The average molecular weight is 225 g/mol. The van der Waals surface area contributed by atoms with E-state index in [1.54, 1.807) is 0 Å². The molecule has 2 unspecified atom stereocenters. The van der Waals surface area contributed by atoms with Crippen LogP contribution < -0.4 is 5.32 Å². The van der Waals surface area contributed by atoms with E-state index < -0.39 is 0 Å². The zero-order valence-electron chi connectivity index (χ0n) is 10.9. The maximum absolute atomic E-state index is 5.72. The van der Waals surface area contributed by atoms with E-state index in [1.807, 2.05) is 0 Å². The molecule has 2 aliphatic rings. The monoisotopic (exact) mass is 225 g/mol. The van der Waals surface area contributed by atoms with E-state index in [1.165, 1.54) is 51.5 Å². The number of hydrogen-bond donors (Lipinski definition) is 1. The molecule has 1 N–H and O–H groups in total. The molecule has 0 bridgehead atoms. The van der Waals surface area contributed by atoms with Gasteiger partial charge in [-0.25, -0.2) is 0 Å². The second-order valence-corrected chi connectivity index (χ2v) is 5.71. The topological polar surface area (TPSA) is 21.3 Å². The normalized spacial score (nSPS) is 29.2. The quantitative estimate of drug-likeness (QED) is 0.719. The Kier molecular flexibility index (Phi) is 4.26. The largest absolute Gasteiger partial charge is 0.378 e. The smallest absolute Gasteiger partial charge is 0.0576 e. The fraction of sp³-hybridized carbons (Fsp3) is 1.00. The van der Waals surface area contributed by atoms with Gasteiger partial charge in [0.25, 0.3) is 0 Å². The molecule has 1 saturated heterocycles. The molecule has 0 aromatic heterocycles. The number of rotatable bonds is 7. The molecule has 0 aromatic rings. The number of nitrogens with one attached hydrogen (secondary N) is 1. The van der Waals surface area contributed by atoms with Crippen LogP contribution >= 0.6 is 0 Å².